The number of piperidine rings is 1. The molecule has 1 saturated heterocycles. The van der Waals surface area contributed by atoms with Crippen molar-refractivity contribution >= 4 is 17.0 Å². The largest absolute Gasteiger partial charge is 0.440 e. The number of para-hydroxylation sites is 2. The van der Waals surface area contributed by atoms with E-state index in [2.05, 4.69) is 17.2 Å². The van der Waals surface area contributed by atoms with Crippen LogP contribution in [0.3, 0.4) is 0 Å². The van der Waals surface area contributed by atoms with Gasteiger partial charge >= 0.3 is 0 Å². The third-order valence-electron chi connectivity index (χ3n) is 4.73. The van der Waals surface area contributed by atoms with Crippen molar-refractivity contribution < 1.29 is 9.21 Å². The Morgan fingerprint density at radius 3 is 2.83 bits per heavy atom. The molecular weight excluding hydrogens is 302 g/mol. The maximum Gasteiger partial charge on any atom is 0.223 e. The molecule has 1 amide bonds. The monoisotopic (exact) mass is 329 g/mol. The minimum Gasteiger partial charge on any atom is -0.440 e. The average molecular weight is 329 g/mol. The maximum absolute atomic E-state index is 12.3. The lowest BCUT2D eigenvalue weighted by Crippen LogP contribution is -2.39. The molecule has 0 unspecified atom stereocenters. The van der Waals surface area contributed by atoms with Gasteiger partial charge in [0.1, 0.15) is 5.52 Å². The Bertz CT molecular complexity index is 626. The van der Waals surface area contributed by atoms with Crippen molar-refractivity contribution in [2.45, 2.75) is 44.9 Å². The van der Waals surface area contributed by atoms with Crippen LogP contribution in [-0.4, -0.2) is 42.0 Å². The molecular formula is C19H27N3O2. The number of rotatable bonds is 7. The molecule has 0 bridgehead atoms. The first-order valence-electron chi connectivity index (χ1n) is 9.12. The number of aromatic nitrogens is 1. The van der Waals surface area contributed by atoms with Crippen LogP contribution in [0.1, 0.15) is 50.8 Å². The summed E-state index contributed by atoms with van der Waals surface area (Å²) in [5.74, 6) is 1.41. The number of nitrogens with one attached hydrogen (secondary N) is 1. The quantitative estimate of drug-likeness (QED) is 0.792. The van der Waals surface area contributed by atoms with Gasteiger partial charge in [-0.25, -0.2) is 4.98 Å². The average Bonchev–Trinajstić information content (AvgIpc) is 3.05. The van der Waals surface area contributed by atoms with Gasteiger partial charge in [-0.15, -0.1) is 0 Å². The Morgan fingerprint density at radius 1 is 1.29 bits per heavy atom. The lowest BCUT2D eigenvalue weighted by molar-refractivity contribution is -0.132. The SMILES string of the molecule is CCCCNCCC(=O)N1CCC(c2nc3ccccc3o2)CC1. The van der Waals surface area contributed by atoms with E-state index >= 15 is 0 Å². The topological polar surface area (TPSA) is 58.4 Å². The van der Waals surface area contributed by atoms with Crippen LogP contribution in [-0.2, 0) is 4.79 Å². The molecule has 1 aromatic heterocycles. The second-order valence-electron chi connectivity index (χ2n) is 6.53. The Balaban J connectivity index is 1.46. The van der Waals surface area contributed by atoms with Crippen LogP contribution in [0.15, 0.2) is 28.7 Å². The van der Waals surface area contributed by atoms with E-state index in [0.717, 1.165) is 56.0 Å². The van der Waals surface area contributed by atoms with E-state index in [-0.39, 0.29) is 5.91 Å². The number of oxazole rings is 1. The third-order valence-corrected chi connectivity index (χ3v) is 4.73. The fraction of sp³-hybridized carbons (Fsp3) is 0.579. The van der Waals surface area contributed by atoms with Gasteiger partial charge in [-0.05, 0) is 37.9 Å². The number of carbonyl (C=O) groups excluding carboxylic acids is 1. The third kappa shape index (κ3) is 4.15. The first-order chi connectivity index (χ1) is 11.8. The number of carbonyl (C=O) groups is 1. The number of likely N-dealkylation sites (tertiary alicyclic amines) is 1. The molecule has 5 heteroatoms. The van der Waals surface area contributed by atoms with Gasteiger partial charge in [0.15, 0.2) is 11.5 Å². The summed E-state index contributed by atoms with van der Waals surface area (Å²) in [5.41, 5.74) is 1.77. The van der Waals surface area contributed by atoms with Crippen molar-refractivity contribution in [3.8, 4) is 0 Å². The van der Waals surface area contributed by atoms with Crippen LogP contribution >= 0.6 is 0 Å². The zero-order valence-corrected chi connectivity index (χ0v) is 14.5. The highest BCUT2D eigenvalue weighted by Crippen LogP contribution is 2.29. The molecule has 0 atom stereocenters. The van der Waals surface area contributed by atoms with Crippen molar-refractivity contribution in [1.82, 2.24) is 15.2 Å². The molecule has 24 heavy (non-hydrogen) atoms. The molecule has 1 aliphatic rings. The zero-order valence-electron chi connectivity index (χ0n) is 14.5. The fourth-order valence-corrected chi connectivity index (χ4v) is 3.22. The van der Waals surface area contributed by atoms with E-state index in [0.29, 0.717) is 12.3 Å². The van der Waals surface area contributed by atoms with Gasteiger partial charge in [-0.2, -0.15) is 0 Å². The van der Waals surface area contributed by atoms with E-state index < -0.39 is 0 Å². The minimum absolute atomic E-state index is 0.259. The predicted molar refractivity (Wildman–Crippen MR) is 95.0 cm³/mol. The molecule has 2 heterocycles. The van der Waals surface area contributed by atoms with Gasteiger partial charge in [0.25, 0.3) is 0 Å². The lowest BCUT2D eigenvalue weighted by Gasteiger charge is -2.30. The van der Waals surface area contributed by atoms with Crippen LogP contribution < -0.4 is 5.32 Å². The van der Waals surface area contributed by atoms with Gasteiger partial charge in [-0.3, -0.25) is 4.79 Å². The molecule has 1 aromatic carbocycles. The molecule has 3 rings (SSSR count). The van der Waals surface area contributed by atoms with E-state index in [1.54, 1.807) is 0 Å². The summed E-state index contributed by atoms with van der Waals surface area (Å²) in [6, 6.07) is 7.88. The van der Waals surface area contributed by atoms with E-state index in [1.165, 1.54) is 12.8 Å². The number of nitrogens with zero attached hydrogens (tertiary/aromatic N) is 2. The maximum atomic E-state index is 12.3. The van der Waals surface area contributed by atoms with Crippen LogP contribution in [0.25, 0.3) is 11.1 Å². The van der Waals surface area contributed by atoms with Crippen LogP contribution in [0, 0.1) is 0 Å². The van der Waals surface area contributed by atoms with Crippen molar-refractivity contribution in [2.24, 2.45) is 0 Å². The number of fused-ring (bicyclic) bond motifs is 1. The van der Waals surface area contributed by atoms with Crippen molar-refractivity contribution in [3.05, 3.63) is 30.2 Å². The van der Waals surface area contributed by atoms with Crippen molar-refractivity contribution in [3.63, 3.8) is 0 Å². The van der Waals surface area contributed by atoms with E-state index in [9.17, 15) is 4.79 Å². The summed E-state index contributed by atoms with van der Waals surface area (Å²) >= 11 is 0. The summed E-state index contributed by atoms with van der Waals surface area (Å²) in [6.07, 6.45) is 4.81. The highest BCUT2D eigenvalue weighted by atomic mass is 16.3. The second-order valence-corrected chi connectivity index (χ2v) is 6.53. The number of hydrogen-bond donors (Lipinski definition) is 1. The van der Waals surface area contributed by atoms with Gasteiger partial charge in [0, 0.05) is 32.0 Å². The van der Waals surface area contributed by atoms with Crippen LogP contribution in [0.5, 0.6) is 0 Å². The first kappa shape index (κ1) is 17.0. The van der Waals surface area contributed by atoms with Gasteiger partial charge in [0.2, 0.25) is 5.91 Å². The smallest absolute Gasteiger partial charge is 0.223 e. The van der Waals surface area contributed by atoms with Gasteiger partial charge in [0.05, 0.1) is 0 Å². The standard InChI is InChI=1S/C19H27N3O2/c1-2-3-11-20-12-8-18(23)22-13-9-15(10-14-22)19-21-16-6-4-5-7-17(16)24-19/h4-7,15,20H,2-3,8-14H2,1H3. The minimum atomic E-state index is 0.259. The molecule has 0 radical (unpaired) electrons. The summed E-state index contributed by atoms with van der Waals surface area (Å²) in [4.78, 5) is 18.9. The normalized spacial score (nSPS) is 16.0. The Labute approximate surface area is 143 Å². The molecule has 2 aromatic rings. The molecule has 0 spiro atoms. The number of hydrogen-bond acceptors (Lipinski definition) is 4. The number of amides is 1. The summed E-state index contributed by atoms with van der Waals surface area (Å²) in [6.45, 7) is 5.57. The van der Waals surface area contributed by atoms with E-state index in [4.69, 9.17) is 4.42 Å². The zero-order chi connectivity index (χ0) is 16.8. The summed E-state index contributed by atoms with van der Waals surface area (Å²) in [7, 11) is 0. The van der Waals surface area contributed by atoms with Crippen molar-refractivity contribution in [1.29, 1.82) is 0 Å². The molecule has 1 N–H and O–H groups in total. The van der Waals surface area contributed by atoms with E-state index in [1.807, 2.05) is 29.2 Å². The van der Waals surface area contributed by atoms with Crippen LogP contribution in [0.2, 0.25) is 0 Å². The van der Waals surface area contributed by atoms with Gasteiger partial charge < -0.3 is 14.6 Å². The Morgan fingerprint density at radius 2 is 2.08 bits per heavy atom. The molecule has 1 aliphatic heterocycles. The summed E-state index contributed by atoms with van der Waals surface area (Å²) < 4.78 is 5.88. The summed E-state index contributed by atoms with van der Waals surface area (Å²) in [5, 5.41) is 3.33. The first-order valence-corrected chi connectivity index (χ1v) is 9.12. The highest BCUT2D eigenvalue weighted by molar-refractivity contribution is 5.76. The molecule has 130 valence electrons. The highest BCUT2D eigenvalue weighted by Gasteiger charge is 2.26. The molecule has 0 saturated carbocycles. The number of unbranched alkanes of at least 4 members (excludes halogenated alkanes) is 1. The second kappa shape index (κ2) is 8.29. The Hall–Kier alpha value is -1.88. The fourth-order valence-electron chi connectivity index (χ4n) is 3.22. The van der Waals surface area contributed by atoms with Crippen LogP contribution in [0.4, 0.5) is 0 Å². The Kier molecular flexibility index (Phi) is 5.86. The molecule has 1 fully saturated rings. The molecule has 0 aliphatic carbocycles. The van der Waals surface area contributed by atoms with Crippen molar-refractivity contribution in [2.75, 3.05) is 26.2 Å². The molecule has 5 nitrogen and oxygen atoms in total. The van der Waals surface area contributed by atoms with Gasteiger partial charge in [-0.1, -0.05) is 25.5 Å². The lowest BCUT2D eigenvalue weighted by atomic mass is 9.96. The number of benzene rings is 1. The predicted octanol–water partition coefficient (Wildman–Crippen LogP) is 3.31.